The lowest BCUT2D eigenvalue weighted by Gasteiger charge is -2.08. The van der Waals surface area contributed by atoms with E-state index in [-0.39, 0.29) is 5.56 Å². The van der Waals surface area contributed by atoms with Crippen LogP contribution in [0.15, 0.2) is 52.4 Å². The lowest BCUT2D eigenvalue weighted by Crippen LogP contribution is -2.11. The Balaban J connectivity index is 1.59. The maximum Gasteiger partial charge on any atom is 0.258 e. The van der Waals surface area contributed by atoms with Gasteiger partial charge >= 0.3 is 0 Å². The second-order valence-electron chi connectivity index (χ2n) is 6.24. The van der Waals surface area contributed by atoms with Gasteiger partial charge in [-0.2, -0.15) is 0 Å². The Labute approximate surface area is 176 Å². The van der Waals surface area contributed by atoms with E-state index in [4.69, 9.17) is 16.3 Å². The molecule has 0 atom stereocenters. The summed E-state index contributed by atoms with van der Waals surface area (Å²) in [5.74, 6) is 2.59. The lowest BCUT2D eigenvalue weighted by atomic mass is 10.2. The molecule has 0 aliphatic carbocycles. The molecule has 1 N–H and O–H groups in total. The molecule has 2 heterocycles. The highest BCUT2D eigenvalue weighted by molar-refractivity contribution is 7.98. The number of hydrogen-bond acceptors (Lipinski definition) is 6. The van der Waals surface area contributed by atoms with Crippen LogP contribution in [-0.4, -0.2) is 31.8 Å². The number of ether oxygens (including phenoxy) is 1. The van der Waals surface area contributed by atoms with E-state index in [0.29, 0.717) is 34.0 Å². The Hall–Kier alpha value is -2.84. The standard InChI is InChI=1S/C20H18ClN5O2S/c1-3-26-18(12-4-7-14(28-2)8-5-12)24-25-20(26)29-11-17-22-16-10-13(21)6-9-15(16)19(27)23-17/h4-10H,3,11H2,1-2H3,(H,22,23,27). The summed E-state index contributed by atoms with van der Waals surface area (Å²) in [6.07, 6.45) is 0. The number of halogens is 1. The molecule has 2 aromatic carbocycles. The van der Waals surface area contributed by atoms with Gasteiger partial charge in [0.25, 0.3) is 5.56 Å². The number of benzene rings is 2. The highest BCUT2D eigenvalue weighted by Gasteiger charge is 2.14. The first kappa shape index (κ1) is 19.5. The molecule has 2 aromatic heterocycles. The molecule has 0 unspecified atom stereocenters. The summed E-state index contributed by atoms with van der Waals surface area (Å²) in [5, 5.41) is 10.5. The SMILES string of the molecule is CCn1c(SCc2nc3cc(Cl)ccc3c(=O)[nH]2)nnc1-c1ccc(OC)cc1. The van der Waals surface area contributed by atoms with Crippen LogP contribution < -0.4 is 10.3 Å². The van der Waals surface area contributed by atoms with Gasteiger partial charge in [0.15, 0.2) is 11.0 Å². The summed E-state index contributed by atoms with van der Waals surface area (Å²) >= 11 is 7.50. The molecule has 0 amide bonds. The molecule has 0 spiro atoms. The number of thioether (sulfide) groups is 1. The molecule has 0 fully saturated rings. The van der Waals surface area contributed by atoms with Gasteiger partial charge < -0.3 is 14.3 Å². The van der Waals surface area contributed by atoms with Crippen molar-refractivity contribution in [3.63, 3.8) is 0 Å². The van der Waals surface area contributed by atoms with Crippen molar-refractivity contribution in [2.24, 2.45) is 0 Å². The highest BCUT2D eigenvalue weighted by atomic mass is 35.5. The number of nitrogens with one attached hydrogen (secondary N) is 1. The maximum atomic E-state index is 12.3. The van der Waals surface area contributed by atoms with Crippen molar-refractivity contribution >= 4 is 34.3 Å². The molecule has 29 heavy (non-hydrogen) atoms. The third-order valence-corrected chi connectivity index (χ3v) is 5.65. The molecule has 0 saturated carbocycles. The second kappa shape index (κ2) is 8.26. The van der Waals surface area contributed by atoms with Gasteiger partial charge in [0, 0.05) is 17.1 Å². The average molecular weight is 428 g/mol. The molecule has 0 saturated heterocycles. The number of methoxy groups -OCH3 is 1. The topological polar surface area (TPSA) is 85.7 Å². The zero-order valence-corrected chi connectivity index (χ0v) is 17.4. The van der Waals surface area contributed by atoms with E-state index in [1.165, 1.54) is 11.8 Å². The monoisotopic (exact) mass is 427 g/mol. The summed E-state index contributed by atoms with van der Waals surface area (Å²) in [6, 6.07) is 12.7. The Kier molecular flexibility index (Phi) is 5.55. The summed E-state index contributed by atoms with van der Waals surface area (Å²) in [4.78, 5) is 19.6. The van der Waals surface area contributed by atoms with Crippen molar-refractivity contribution in [1.29, 1.82) is 0 Å². The number of aromatic nitrogens is 5. The molecule has 148 valence electrons. The largest absolute Gasteiger partial charge is 0.497 e. The molecule has 0 aliphatic rings. The molecule has 7 nitrogen and oxygen atoms in total. The van der Waals surface area contributed by atoms with Crippen LogP contribution in [0, 0.1) is 0 Å². The minimum absolute atomic E-state index is 0.182. The van der Waals surface area contributed by atoms with Crippen molar-refractivity contribution in [3.8, 4) is 17.1 Å². The van der Waals surface area contributed by atoms with E-state index in [9.17, 15) is 4.79 Å². The van der Waals surface area contributed by atoms with Gasteiger partial charge in [-0.25, -0.2) is 4.98 Å². The summed E-state index contributed by atoms with van der Waals surface area (Å²) in [6.45, 7) is 2.76. The minimum Gasteiger partial charge on any atom is -0.497 e. The van der Waals surface area contributed by atoms with E-state index in [1.54, 1.807) is 25.3 Å². The van der Waals surface area contributed by atoms with Gasteiger partial charge in [0.05, 0.1) is 23.8 Å². The van der Waals surface area contributed by atoms with Crippen LogP contribution in [0.5, 0.6) is 5.75 Å². The Morgan fingerprint density at radius 2 is 1.97 bits per heavy atom. The predicted molar refractivity (Wildman–Crippen MR) is 115 cm³/mol. The van der Waals surface area contributed by atoms with E-state index < -0.39 is 0 Å². The molecular weight excluding hydrogens is 410 g/mol. The third-order valence-electron chi connectivity index (χ3n) is 4.44. The molecule has 4 aromatic rings. The highest BCUT2D eigenvalue weighted by Crippen LogP contribution is 2.27. The second-order valence-corrected chi connectivity index (χ2v) is 7.62. The van der Waals surface area contributed by atoms with Crippen LogP contribution >= 0.6 is 23.4 Å². The Morgan fingerprint density at radius 1 is 1.17 bits per heavy atom. The van der Waals surface area contributed by atoms with E-state index in [2.05, 4.69) is 20.2 Å². The smallest absolute Gasteiger partial charge is 0.258 e. The van der Waals surface area contributed by atoms with Crippen LogP contribution in [0.25, 0.3) is 22.3 Å². The van der Waals surface area contributed by atoms with Gasteiger partial charge in [-0.3, -0.25) is 4.79 Å². The van der Waals surface area contributed by atoms with E-state index in [1.807, 2.05) is 35.8 Å². The van der Waals surface area contributed by atoms with Crippen LogP contribution in [0.3, 0.4) is 0 Å². The van der Waals surface area contributed by atoms with Crippen LogP contribution in [-0.2, 0) is 12.3 Å². The molecule has 0 bridgehead atoms. The van der Waals surface area contributed by atoms with Gasteiger partial charge in [-0.05, 0) is 49.4 Å². The molecule has 0 aliphatic heterocycles. The molecule has 4 rings (SSSR count). The third kappa shape index (κ3) is 3.99. The predicted octanol–water partition coefficient (Wildman–Crippen LogP) is 4.16. The Morgan fingerprint density at radius 3 is 2.69 bits per heavy atom. The Bertz CT molecular complexity index is 1220. The first-order valence-electron chi connectivity index (χ1n) is 8.98. The normalized spacial score (nSPS) is 11.1. The summed E-state index contributed by atoms with van der Waals surface area (Å²) in [5.41, 5.74) is 1.35. The van der Waals surface area contributed by atoms with E-state index >= 15 is 0 Å². The zero-order chi connectivity index (χ0) is 20.4. The van der Waals surface area contributed by atoms with Crippen molar-refractivity contribution in [3.05, 3.63) is 63.7 Å². The molecule has 0 radical (unpaired) electrons. The fourth-order valence-electron chi connectivity index (χ4n) is 3.00. The number of nitrogens with zero attached hydrogens (tertiary/aromatic N) is 4. The van der Waals surface area contributed by atoms with Gasteiger partial charge in [0.2, 0.25) is 0 Å². The van der Waals surface area contributed by atoms with Crippen molar-refractivity contribution < 1.29 is 4.74 Å². The first-order chi connectivity index (χ1) is 14.1. The van der Waals surface area contributed by atoms with Crippen LogP contribution in [0.1, 0.15) is 12.7 Å². The summed E-state index contributed by atoms with van der Waals surface area (Å²) < 4.78 is 7.24. The average Bonchev–Trinajstić information content (AvgIpc) is 3.15. The quantitative estimate of drug-likeness (QED) is 0.465. The fraction of sp³-hybridized carbons (Fsp3) is 0.200. The fourth-order valence-corrected chi connectivity index (χ4v) is 4.04. The maximum absolute atomic E-state index is 12.3. The number of aromatic amines is 1. The van der Waals surface area contributed by atoms with Gasteiger partial charge in [0.1, 0.15) is 11.6 Å². The number of hydrogen-bond donors (Lipinski definition) is 1. The van der Waals surface area contributed by atoms with Gasteiger partial charge in [-0.1, -0.05) is 23.4 Å². The van der Waals surface area contributed by atoms with Crippen molar-refractivity contribution in [2.45, 2.75) is 24.4 Å². The zero-order valence-electron chi connectivity index (χ0n) is 15.8. The van der Waals surface area contributed by atoms with Crippen molar-refractivity contribution in [2.75, 3.05) is 7.11 Å². The number of fused-ring (bicyclic) bond motifs is 1. The van der Waals surface area contributed by atoms with Crippen molar-refractivity contribution in [1.82, 2.24) is 24.7 Å². The number of H-pyrrole nitrogens is 1. The molecule has 9 heteroatoms. The first-order valence-corrected chi connectivity index (χ1v) is 10.3. The van der Waals surface area contributed by atoms with Crippen LogP contribution in [0.2, 0.25) is 5.02 Å². The number of rotatable bonds is 6. The van der Waals surface area contributed by atoms with E-state index in [0.717, 1.165) is 22.3 Å². The minimum atomic E-state index is -0.182. The summed E-state index contributed by atoms with van der Waals surface area (Å²) in [7, 11) is 1.64. The van der Waals surface area contributed by atoms with Crippen LogP contribution in [0.4, 0.5) is 0 Å². The van der Waals surface area contributed by atoms with Gasteiger partial charge in [-0.15, -0.1) is 10.2 Å². The lowest BCUT2D eigenvalue weighted by molar-refractivity contribution is 0.415. The molecular formula is C20H18ClN5O2S.